The van der Waals surface area contributed by atoms with Crippen molar-refractivity contribution in [2.75, 3.05) is 33.8 Å². The molecule has 11 heteroatoms. The summed E-state index contributed by atoms with van der Waals surface area (Å²) in [6, 6.07) is 4.61. The van der Waals surface area contributed by atoms with Crippen LogP contribution in [0.5, 0.6) is 23.0 Å². The summed E-state index contributed by atoms with van der Waals surface area (Å²) in [6.07, 6.45) is 0. The van der Waals surface area contributed by atoms with Crippen molar-refractivity contribution < 1.29 is 28.5 Å². The highest BCUT2D eigenvalue weighted by atomic mass is 35.5. The van der Waals surface area contributed by atoms with Gasteiger partial charge in [-0.2, -0.15) is 5.11 Å². The fourth-order valence-corrected chi connectivity index (χ4v) is 3.00. The van der Waals surface area contributed by atoms with Crippen molar-refractivity contribution in [2.45, 2.75) is 13.0 Å². The van der Waals surface area contributed by atoms with E-state index in [-0.39, 0.29) is 27.2 Å². The van der Waals surface area contributed by atoms with Crippen LogP contribution in [0, 0.1) is 0 Å². The van der Waals surface area contributed by atoms with E-state index in [1.165, 1.54) is 47.5 Å². The lowest BCUT2D eigenvalue weighted by Crippen LogP contribution is -2.32. The van der Waals surface area contributed by atoms with Crippen molar-refractivity contribution in [1.82, 2.24) is 0 Å². The van der Waals surface area contributed by atoms with Gasteiger partial charge in [0.2, 0.25) is 6.04 Å². The van der Waals surface area contributed by atoms with Crippen LogP contribution in [-0.2, 0) is 9.59 Å². The minimum absolute atomic E-state index is 0.140. The van der Waals surface area contributed by atoms with E-state index in [4.69, 9.17) is 42.1 Å². The molecule has 0 radical (unpaired) electrons. The van der Waals surface area contributed by atoms with Gasteiger partial charge in [-0.05, 0) is 19.1 Å². The monoisotopic (exact) mass is 469 g/mol. The Morgan fingerprint density at radius 1 is 0.903 bits per heavy atom. The fourth-order valence-electron chi connectivity index (χ4n) is 2.57. The van der Waals surface area contributed by atoms with Crippen molar-refractivity contribution in [1.29, 1.82) is 0 Å². The number of carbonyl (C=O) groups excluding carboxylic acids is 2. The second-order valence-electron chi connectivity index (χ2n) is 6.04. The Bertz CT molecular complexity index is 1010. The first-order valence-electron chi connectivity index (χ1n) is 8.81. The van der Waals surface area contributed by atoms with E-state index in [2.05, 4.69) is 15.5 Å². The molecule has 0 aliphatic rings. The SMILES string of the molecule is COc1cc(Cl)c(NC(=O)C(N=Nc2c(OC)ccc(Cl)c2OC)C(C)=O)cc1OC. The number of nitrogens with zero attached hydrogens (tertiary/aromatic N) is 2. The largest absolute Gasteiger partial charge is 0.494 e. The van der Waals surface area contributed by atoms with Crippen molar-refractivity contribution in [3.05, 3.63) is 34.3 Å². The normalized spacial score (nSPS) is 11.7. The number of benzene rings is 2. The first-order valence-corrected chi connectivity index (χ1v) is 9.57. The summed E-state index contributed by atoms with van der Waals surface area (Å²) in [5.41, 5.74) is 0.351. The van der Waals surface area contributed by atoms with Crippen LogP contribution in [0.15, 0.2) is 34.5 Å². The van der Waals surface area contributed by atoms with Crippen LogP contribution in [0.3, 0.4) is 0 Å². The van der Waals surface area contributed by atoms with E-state index < -0.39 is 17.7 Å². The van der Waals surface area contributed by atoms with Gasteiger partial charge in [0.1, 0.15) is 5.75 Å². The number of ketones is 1. The van der Waals surface area contributed by atoms with Crippen LogP contribution in [0.4, 0.5) is 11.4 Å². The summed E-state index contributed by atoms with van der Waals surface area (Å²) < 4.78 is 20.8. The van der Waals surface area contributed by atoms with E-state index in [0.717, 1.165) is 0 Å². The minimum atomic E-state index is -1.46. The molecule has 1 amide bonds. The zero-order chi connectivity index (χ0) is 23.1. The Labute approximate surface area is 189 Å². The van der Waals surface area contributed by atoms with E-state index >= 15 is 0 Å². The van der Waals surface area contributed by atoms with Crippen LogP contribution in [-0.4, -0.2) is 46.2 Å². The molecule has 0 bridgehead atoms. The topological polar surface area (TPSA) is 108 Å². The molecular formula is C20H21Cl2N3O6. The Kier molecular flexibility index (Phi) is 8.47. The minimum Gasteiger partial charge on any atom is -0.494 e. The highest BCUT2D eigenvalue weighted by molar-refractivity contribution is 6.34. The number of methoxy groups -OCH3 is 4. The average Bonchev–Trinajstić information content (AvgIpc) is 2.74. The molecule has 166 valence electrons. The predicted octanol–water partition coefficient (Wildman–Crippen LogP) is 4.71. The number of anilines is 1. The third-order valence-electron chi connectivity index (χ3n) is 4.11. The average molecular weight is 470 g/mol. The second-order valence-corrected chi connectivity index (χ2v) is 6.85. The summed E-state index contributed by atoms with van der Waals surface area (Å²) in [4.78, 5) is 24.9. The standard InChI is InChI=1S/C20H21Cl2N3O6/c1-10(26)17(24-25-18-14(28-2)7-6-11(21)19(18)31-5)20(27)23-13-9-16(30-4)15(29-3)8-12(13)22/h6-9,17H,1-5H3,(H,23,27). The highest BCUT2D eigenvalue weighted by Crippen LogP contribution is 2.42. The first-order chi connectivity index (χ1) is 14.8. The van der Waals surface area contributed by atoms with Crippen molar-refractivity contribution in [2.24, 2.45) is 10.2 Å². The smallest absolute Gasteiger partial charge is 0.258 e. The number of hydrogen-bond acceptors (Lipinski definition) is 8. The van der Waals surface area contributed by atoms with Gasteiger partial charge in [0.25, 0.3) is 5.91 Å². The third-order valence-corrected chi connectivity index (χ3v) is 4.72. The molecule has 1 atom stereocenters. The maximum absolute atomic E-state index is 12.8. The lowest BCUT2D eigenvalue weighted by atomic mass is 10.2. The summed E-state index contributed by atoms with van der Waals surface area (Å²) in [7, 11) is 5.72. The van der Waals surface area contributed by atoms with Gasteiger partial charge in [0.15, 0.2) is 28.7 Å². The molecule has 9 nitrogen and oxygen atoms in total. The van der Waals surface area contributed by atoms with Crippen molar-refractivity contribution in [3.8, 4) is 23.0 Å². The molecule has 2 aromatic rings. The predicted molar refractivity (Wildman–Crippen MR) is 117 cm³/mol. The molecule has 31 heavy (non-hydrogen) atoms. The summed E-state index contributed by atoms with van der Waals surface area (Å²) >= 11 is 12.3. The molecule has 0 aliphatic carbocycles. The number of amides is 1. The lowest BCUT2D eigenvalue weighted by Gasteiger charge is -2.14. The third kappa shape index (κ3) is 5.56. The zero-order valence-corrected chi connectivity index (χ0v) is 19.0. The number of hydrogen-bond donors (Lipinski definition) is 1. The maximum Gasteiger partial charge on any atom is 0.258 e. The van der Waals surface area contributed by atoms with Gasteiger partial charge in [-0.3, -0.25) is 9.59 Å². The van der Waals surface area contributed by atoms with E-state index in [0.29, 0.717) is 17.2 Å². The number of halogens is 2. The van der Waals surface area contributed by atoms with Crippen molar-refractivity contribution in [3.63, 3.8) is 0 Å². The number of ether oxygens (including phenoxy) is 4. The van der Waals surface area contributed by atoms with Crippen LogP contribution >= 0.6 is 23.2 Å². The molecule has 0 fully saturated rings. The molecule has 0 heterocycles. The van der Waals surface area contributed by atoms with Gasteiger partial charge in [0.05, 0.1) is 44.2 Å². The molecule has 0 aromatic heterocycles. The number of nitrogens with one attached hydrogen (secondary N) is 1. The Balaban J connectivity index is 2.37. The summed E-state index contributed by atoms with van der Waals surface area (Å²) in [5.74, 6) is -0.0701. The number of Topliss-reactive ketones (excluding diaryl/α,β-unsaturated/α-hetero) is 1. The number of carbonyl (C=O) groups is 2. The van der Waals surface area contributed by atoms with Crippen molar-refractivity contribution >= 4 is 46.3 Å². The molecular weight excluding hydrogens is 449 g/mol. The molecule has 1 unspecified atom stereocenters. The molecule has 2 aromatic carbocycles. The molecule has 0 spiro atoms. The van der Waals surface area contributed by atoms with Crippen LogP contribution < -0.4 is 24.3 Å². The highest BCUT2D eigenvalue weighted by Gasteiger charge is 2.25. The molecule has 2 rings (SSSR count). The Hall–Kier alpha value is -3.04. The quantitative estimate of drug-likeness (QED) is 0.420. The number of azo groups is 1. The molecule has 0 saturated heterocycles. The fraction of sp³-hybridized carbons (Fsp3) is 0.300. The maximum atomic E-state index is 12.8. The molecule has 1 N–H and O–H groups in total. The second kappa shape index (κ2) is 10.8. The van der Waals surface area contributed by atoms with Gasteiger partial charge in [0, 0.05) is 12.1 Å². The summed E-state index contributed by atoms with van der Waals surface area (Å²) in [6.45, 7) is 1.21. The summed E-state index contributed by atoms with van der Waals surface area (Å²) in [5, 5.41) is 10.9. The van der Waals surface area contributed by atoms with Gasteiger partial charge >= 0.3 is 0 Å². The van der Waals surface area contributed by atoms with E-state index in [1.807, 2.05) is 0 Å². The molecule has 0 saturated carbocycles. The zero-order valence-electron chi connectivity index (χ0n) is 17.5. The number of rotatable bonds is 9. The molecule has 0 aliphatic heterocycles. The lowest BCUT2D eigenvalue weighted by molar-refractivity contribution is -0.126. The Morgan fingerprint density at radius 2 is 1.52 bits per heavy atom. The van der Waals surface area contributed by atoms with Gasteiger partial charge in [-0.15, -0.1) is 5.11 Å². The Morgan fingerprint density at radius 3 is 2.06 bits per heavy atom. The van der Waals surface area contributed by atoms with Crippen LogP contribution in [0.2, 0.25) is 10.0 Å². The van der Waals surface area contributed by atoms with Gasteiger partial charge in [-0.1, -0.05) is 23.2 Å². The van der Waals surface area contributed by atoms with Gasteiger partial charge < -0.3 is 24.3 Å². The van der Waals surface area contributed by atoms with Crippen LogP contribution in [0.1, 0.15) is 6.92 Å². The van der Waals surface area contributed by atoms with Gasteiger partial charge in [-0.25, -0.2) is 0 Å². The van der Waals surface area contributed by atoms with E-state index in [1.54, 1.807) is 12.1 Å². The van der Waals surface area contributed by atoms with E-state index in [9.17, 15) is 9.59 Å². The first kappa shape index (κ1) is 24.2. The van der Waals surface area contributed by atoms with Crippen LogP contribution in [0.25, 0.3) is 0 Å².